The Morgan fingerprint density at radius 3 is 2.59 bits per heavy atom. The number of hydrogen-bond acceptors (Lipinski definition) is 6. The Morgan fingerprint density at radius 1 is 1.24 bits per heavy atom. The number of nitrogens with one attached hydrogen (secondary N) is 1. The number of aromatic nitrogens is 1. The van der Waals surface area contributed by atoms with Crippen molar-refractivity contribution in [2.75, 3.05) is 13.7 Å². The highest BCUT2D eigenvalue weighted by Crippen LogP contribution is 2.31. The van der Waals surface area contributed by atoms with Gasteiger partial charge in [0, 0.05) is 23.4 Å². The minimum Gasteiger partial charge on any atom is -0.495 e. The number of carbonyl (C=O) groups is 2. The molecule has 0 saturated heterocycles. The van der Waals surface area contributed by atoms with Gasteiger partial charge in [0.25, 0.3) is 5.91 Å². The van der Waals surface area contributed by atoms with Crippen LogP contribution >= 0.6 is 0 Å². The van der Waals surface area contributed by atoms with E-state index in [9.17, 15) is 14.9 Å². The first-order valence-electron chi connectivity index (χ1n) is 11.6. The zero-order valence-electron chi connectivity index (χ0n) is 19.8. The fraction of sp³-hybridized carbons (Fsp3) is 0.462. The molecule has 0 aliphatic heterocycles. The minimum atomic E-state index is -0.740. The number of pyridine rings is 1. The quantitative estimate of drug-likeness (QED) is 0.567. The number of rotatable bonds is 9. The van der Waals surface area contributed by atoms with E-state index in [1.54, 1.807) is 25.4 Å². The average Bonchev–Trinajstić information content (AvgIpc) is 2.87. The summed E-state index contributed by atoms with van der Waals surface area (Å²) in [5.41, 5.74) is 2.39. The molecule has 180 valence electrons. The van der Waals surface area contributed by atoms with Crippen LogP contribution in [-0.4, -0.2) is 35.6 Å². The lowest BCUT2D eigenvalue weighted by atomic mass is 9.82. The number of nitrogens with zero attached hydrogens (tertiary/aromatic N) is 2. The van der Waals surface area contributed by atoms with Crippen LogP contribution in [0.1, 0.15) is 72.8 Å². The Morgan fingerprint density at radius 2 is 1.97 bits per heavy atom. The van der Waals surface area contributed by atoms with Crippen molar-refractivity contribution in [3.8, 4) is 17.6 Å². The molecule has 1 unspecified atom stereocenters. The zero-order chi connectivity index (χ0) is 24.7. The second kappa shape index (κ2) is 11.5. The Labute approximate surface area is 199 Å². The third kappa shape index (κ3) is 6.04. The standard InChI is InChI=1S/C26H31N3O5/c1-4-21-12-22(24(33-3)15-28-21)16(2)34-23-10-9-19(11-20(23)13-27)25(30)29-14-17-5-7-18(8-6-17)26(31)32/h9-12,15-18H,4-8,14H2,1-3H3,(H,29,30)(H,31,32)/t16?,17-,18-. The van der Waals surface area contributed by atoms with Crippen LogP contribution in [0.3, 0.4) is 0 Å². The molecule has 2 N–H and O–H groups in total. The van der Waals surface area contributed by atoms with Gasteiger partial charge in [-0.1, -0.05) is 6.92 Å². The lowest BCUT2D eigenvalue weighted by molar-refractivity contribution is -0.143. The monoisotopic (exact) mass is 465 g/mol. The molecule has 0 spiro atoms. The highest BCUT2D eigenvalue weighted by molar-refractivity contribution is 5.94. The van der Waals surface area contributed by atoms with Crippen LogP contribution in [0, 0.1) is 23.2 Å². The summed E-state index contributed by atoms with van der Waals surface area (Å²) in [6.07, 6.45) is 4.89. The number of carboxylic acids is 1. The van der Waals surface area contributed by atoms with Crippen LogP contribution in [0.5, 0.6) is 11.5 Å². The summed E-state index contributed by atoms with van der Waals surface area (Å²) < 4.78 is 11.5. The summed E-state index contributed by atoms with van der Waals surface area (Å²) in [5.74, 6) is -0.0224. The summed E-state index contributed by atoms with van der Waals surface area (Å²) >= 11 is 0. The molecule has 3 rings (SSSR count). The number of methoxy groups -OCH3 is 1. The van der Waals surface area contributed by atoms with E-state index in [0.29, 0.717) is 36.4 Å². The molecule has 1 aromatic carbocycles. The van der Waals surface area contributed by atoms with Crippen molar-refractivity contribution in [1.82, 2.24) is 10.3 Å². The molecule has 1 heterocycles. The van der Waals surface area contributed by atoms with Gasteiger partial charge in [0.15, 0.2) is 0 Å². The maximum absolute atomic E-state index is 12.7. The normalized spacial score (nSPS) is 18.4. The highest BCUT2D eigenvalue weighted by Gasteiger charge is 2.26. The van der Waals surface area contributed by atoms with E-state index in [1.807, 2.05) is 19.9 Å². The molecule has 34 heavy (non-hydrogen) atoms. The summed E-state index contributed by atoms with van der Waals surface area (Å²) in [7, 11) is 1.57. The number of amides is 1. The number of ether oxygens (including phenoxy) is 2. The summed E-state index contributed by atoms with van der Waals surface area (Å²) in [4.78, 5) is 28.1. The summed E-state index contributed by atoms with van der Waals surface area (Å²) in [6, 6.07) is 8.85. The van der Waals surface area contributed by atoms with Crippen LogP contribution < -0.4 is 14.8 Å². The van der Waals surface area contributed by atoms with Crippen molar-refractivity contribution in [2.45, 2.75) is 52.1 Å². The lowest BCUT2D eigenvalue weighted by Gasteiger charge is -2.26. The summed E-state index contributed by atoms with van der Waals surface area (Å²) in [6.45, 7) is 4.38. The molecule has 8 nitrogen and oxygen atoms in total. The van der Waals surface area contributed by atoms with Gasteiger partial charge >= 0.3 is 5.97 Å². The molecule has 1 fully saturated rings. The largest absolute Gasteiger partial charge is 0.495 e. The predicted molar refractivity (Wildman–Crippen MR) is 126 cm³/mol. The smallest absolute Gasteiger partial charge is 0.306 e. The molecule has 1 aliphatic carbocycles. The van der Waals surface area contributed by atoms with Gasteiger partial charge < -0.3 is 19.9 Å². The van der Waals surface area contributed by atoms with Gasteiger partial charge in [-0.15, -0.1) is 0 Å². The maximum Gasteiger partial charge on any atom is 0.306 e. The molecule has 8 heteroatoms. The van der Waals surface area contributed by atoms with E-state index in [-0.39, 0.29) is 23.3 Å². The minimum absolute atomic E-state index is 0.264. The van der Waals surface area contributed by atoms with Crippen molar-refractivity contribution >= 4 is 11.9 Å². The van der Waals surface area contributed by atoms with Gasteiger partial charge in [0.1, 0.15) is 23.7 Å². The van der Waals surface area contributed by atoms with Gasteiger partial charge in [-0.2, -0.15) is 5.26 Å². The Hall–Kier alpha value is -3.60. The predicted octanol–water partition coefficient (Wildman–Crippen LogP) is 4.29. The van der Waals surface area contributed by atoms with Gasteiger partial charge in [-0.05, 0) is 69.2 Å². The van der Waals surface area contributed by atoms with Crippen LogP contribution in [-0.2, 0) is 11.2 Å². The molecule has 1 aliphatic rings. The van der Waals surface area contributed by atoms with Crippen LogP contribution in [0.25, 0.3) is 0 Å². The van der Waals surface area contributed by atoms with Crippen molar-refractivity contribution < 1.29 is 24.2 Å². The van der Waals surface area contributed by atoms with Crippen molar-refractivity contribution in [3.05, 3.63) is 52.8 Å². The topological polar surface area (TPSA) is 122 Å². The molecule has 0 radical (unpaired) electrons. The first-order chi connectivity index (χ1) is 16.4. The lowest BCUT2D eigenvalue weighted by Crippen LogP contribution is -2.32. The zero-order valence-corrected chi connectivity index (χ0v) is 19.8. The number of nitriles is 1. The first-order valence-corrected chi connectivity index (χ1v) is 11.6. The van der Waals surface area contributed by atoms with Gasteiger partial charge in [0.2, 0.25) is 0 Å². The first kappa shape index (κ1) is 25.0. The number of aryl methyl sites for hydroxylation is 1. The van der Waals surface area contributed by atoms with Crippen LogP contribution in [0.15, 0.2) is 30.5 Å². The number of carbonyl (C=O) groups excluding carboxylic acids is 1. The van der Waals surface area contributed by atoms with E-state index in [2.05, 4.69) is 16.4 Å². The SMILES string of the molecule is CCc1cc(C(C)Oc2ccc(C(=O)NC[C@H]3CC[C@H](C(=O)O)CC3)cc2C#N)c(OC)cn1. The fourth-order valence-electron chi connectivity index (χ4n) is 4.25. The molecular formula is C26H31N3O5. The number of carboxylic acid groups (broad SMARTS) is 1. The third-order valence-corrected chi connectivity index (χ3v) is 6.39. The molecule has 1 aromatic heterocycles. The van der Waals surface area contributed by atoms with E-state index < -0.39 is 12.1 Å². The Kier molecular flexibility index (Phi) is 8.47. The van der Waals surface area contributed by atoms with Crippen molar-refractivity contribution in [1.29, 1.82) is 5.26 Å². The fourth-order valence-corrected chi connectivity index (χ4v) is 4.25. The molecule has 1 saturated carbocycles. The van der Waals surface area contributed by atoms with Crippen molar-refractivity contribution in [3.63, 3.8) is 0 Å². The molecule has 2 aromatic rings. The van der Waals surface area contributed by atoms with E-state index in [1.165, 1.54) is 6.07 Å². The van der Waals surface area contributed by atoms with Crippen molar-refractivity contribution in [2.24, 2.45) is 11.8 Å². The number of aliphatic carboxylic acids is 1. The van der Waals surface area contributed by atoms with E-state index in [0.717, 1.165) is 30.5 Å². The second-order valence-corrected chi connectivity index (χ2v) is 8.62. The van der Waals surface area contributed by atoms with Crippen LogP contribution in [0.2, 0.25) is 0 Å². The van der Waals surface area contributed by atoms with Gasteiger partial charge in [-0.25, -0.2) is 0 Å². The van der Waals surface area contributed by atoms with Gasteiger partial charge in [-0.3, -0.25) is 14.6 Å². The van der Waals surface area contributed by atoms with Crippen LogP contribution in [0.4, 0.5) is 0 Å². The average molecular weight is 466 g/mol. The molecular weight excluding hydrogens is 434 g/mol. The van der Waals surface area contributed by atoms with E-state index in [4.69, 9.17) is 14.6 Å². The summed E-state index contributed by atoms with van der Waals surface area (Å²) in [5, 5.41) is 21.7. The number of hydrogen-bond donors (Lipinski definition) is 2. The van der Waals surface area contributed by atoms with E-state index >= 15 is 0 Å². The molecule has 1 atom stereocenters. The second-order valence-electron chi connectivity index (χ2n) is 8.62. The Bertz CT molecular complexity index is 1070. The number of benzene rings is 1. The van der Waals surface area contributed by atoms with Gasteiger partial charge in [0.05, 0.1) is 24.8 Å². The third-order valence-electron chi connectivity index (χ3n) is 6.39. The molecule has 0 bridgehead atoms. The Balaban J connectivity index is 1.65. The maximum atomic E-state index is 12.7. The molecule has 1 amide bonds. The highest BCUT2D eigenvalue weighted by atomic mass is 16.5.